The molecule has 6 heteroatoms. The number of nitrogens with two attached hydrogens (primary N) is 1. The first-order valence-electron chi connectivity index (χ1n) is 4.16. The third-order valence-corrected chi connectivity index (χ3v) is 1.71. The number of aromatic nitrogens is 2. The minimum atomic E-state index is -0.253. The first-order chi connectivity index (χ1) is 6.50. The SMILES string of the molecule is CC(C)NC(=O)c1cnc(=S)[nH]c1N. The maximum Gasteiger partial charge on any atom is 0.256 e. The lowest BCUT2D eigenvalue weighted by Crippen LogP contribution is -2.31. The van der Waals surface area contributed by atoms with Crippen molar-refractivity contribution in [2.75, 3.05) is 5.73 Å². The van der Waals surface area contributed by atoms with Gasteiger partial charge in [0, 0.05) is 12.2 Å². The lowest BCUT2D eigenvalue weighted by atomic mass is 10.2. The van der Waals surface area contributed by atoms with Crippen molar-refractivity contribution in [3.63, 3.8) is 0 Å². The second-order valence-electron chi connectivity index (χ2n) is 3.14. The van der Waals surface area contributed by atoms with E-state index >= 15 is 0 Å². The Kier molecular flexibility index (Phi) is 3.19. The number of nitrogens with zero attached hydrogens (tertiary/aromatic N) is 1. The molecule has 1 heterocycles. The molecular weight excluding hydrogens is 200 g/mol. The molecule has 0 aliphatic rings. The van der Waals surface area contributed by atoms with Crippen LogP contribution in [0.15, 0.2) is 6.20 Å². The molecule has 0 radical (unpaired) electrons. The number of hydrogen-bond donors (Lipinski definition) is 3. The Hall–Kier alpha value is -1.43. The van der Waals surface area contributed by atoms with Crippen LogP contribution in [0.2, 0.25) is 0 Å². The summed E-state index contributed by atoms with van der Waals surface area (Å²) in [6, 6.07) is 0.0603. The number of carbonyl (C=O) groups is 1. The lowest BCUT2D eigenvalue weighted by molar-refractivity contribution is 0.0943. The summed E-state index contributed by atoms with van der Waals surface area (Å²) in [5.41, 5.74) is 5.89. The van der Waals surface area contributed by atoms with E-state index < -0.39 is 0 Å². The van der Waals surface area contributed by atoms with Crippen LogP contribution in [-0.2, 0) is 0 Å². The molecule has 0 saturated carbocycles. The Morgan fingerprint density at radius 1 is 1.71 bits per heavy atom. The van der Waals surface area contributed by atoms with Gasteiger partial charge in [0.25, 0.3) is 5.91 Å². The number of amides is 1. The molecule has 0 saturated heterocycles. The average Bonchev–Trinajstić information content (AvgIpc) is 2.01. The van der Waals surface area contributed by atoms with Gasteiger partial charge in [0.15, 0.2) is 4.77 Å². The van der Waals surface area contributed by atoms with Gasteiger partial charge < -0.3 is 16.0 Å². The summed E-state index contributed by atoms with van der Waals surface area (Å²) in [7, 11) is 0. The van der Waals surface area contributed by atoms with Gasteiger partial charge in [0.1, 0.15) is 5.82 Å². The van der Waals surface area contributed by atoms with Gasteiger partial charge in [-0.25, -0.2) is 4.98 Å². The van der Waals surface area contributed by atoms with Crippen LogP contribution in [0.1, 0.15) is 24.2 Å². The molecule has 1 aromatic rings. The van der Waals surface area contributed by atoms with Crippen LogP contribution >= 0.6 is 12.2 Å². The molecule has 1 aromatic heterocycles. The Balaban J connectivity index is 2.96. The summed E-state index contributed by atoms with van der Waals surface area (Å²) in [6.45, 7) is 3.74. The molecule has 0 fully saturated rings. The van der Waals surface area contributed by atoms with E-state index in [4.69, 9.17) is 18.0 Å². The van der Waals surface area contributed by atoms with Crippen LogP contribution in [0.25, 0.3) is 0 Å². The highest BCUT2D eigenvalue weighted by Crippen LogP contribution is 2.05. The molecule has 0 aliphatic heterocycles. The molecule has 14 heavy (non-hydrogen) atoms. The lowest BCUT2D eigenvalue weighted by Gasteiger charge is -2.09. The van der Waals surface area contributed by atoms with Gasteiger partial charge >= 0.3 is 0 Å². The second kappa shape index (κ2) is 4.19. The van der Waals surface area contributed by atoms with Crippen molar-refractivity contribution in [1.82, 2.24) is 15.3 Å². The molecule has 0 aliphatic carbocycles. The van der Waals surface area contributed by atoms with Gasteiger partial charge in [0.05, 0.1) is 5.56 Å². The molecule has 0 atom stereocenters. The molecule has 5 nitrogen and oxygen atoms in total. The van der Waals surface area contributed by atoms with Crippen molar-refractivity contribution in [3.8, 4) is 0 Å². The summed E-state index contributed by atoms with van der Waals surface area (Å²) in [4.78, 5) is 17.9. The quantitative estimate of drug-likeness (QED) is 0.635. The van der Waals surface area contributed by atoms with Crippen molar-refractivity contribution in [1.29, 1.82) is 0 Å². The standard InChI is InChI=1S/C8H12N4OS/c1-4(2)11-7(13)5-3-10-8(14)12-6(5)9/h3-4H,1-2H3,(H,11,13)(H3,9,10,12,14). The van der Waals surface area contributed by atoms with E-state index in [-0.39, 0.29) is 22.5 Å². The zero-order valence-corrected chi connectivity index (χ0v) is 8.81. The molecule has 1 rings (SSSR count). The monoisotopic (exact) mass is 212 g/mol. The van der Waals surface area contributed by atoms with Crippen molar-refractivity contribution in [2.24, 2.45) is 0 Å². The molecule has 0 aromatic carbocycles. The van der Waals surface area contributed by atoms with Gasteiger partial charge in [-0.3, -0.25) is 4.79 Å². The predicted molar refractivity (Wildman–Crippen MR) is 56.4 cm³/mol. The maximum absolute atomic E-state index is 11.5. The number of aromatic amines is 1. The Morgan fingerprint density at radius 3 is 2.86 bits per heavy atom. The van der Waals surface area contributed by atoms with Crippen LogP contribution in [0.4, 0.5) is 5.82 Å². The fourth-order valence-corrected chi connectivity index (χ4v) is 1.09. The van der Waals surface area contributed by atoms with E-state index in [9.17, 15) is 4.79 Å². The number of nitrogen functional groups attached to an aromatic ring is 1. The van der Waals surface area contributed by atoms with E-state index in [1.165, 1.54) is 6.20 Å². The second-order valence-corrected chi connectivity index (χ2v) is 3.53. The summed E-state index contributed by atoms with van der Waals surface area (Å²) in [5, 5.41) is 2.71. The van der Waals surface area contributed by atoms with Crippen LogP contribution in [0.3, 0.4) is 0 Å². The number of hydrogen-bond acceptors (Lipinski definition) is 4. The molecule has 4 N–H and O–H groups in total. The van der Waals surface area contributed by atoms with E-state index in [2.05, 4.69) is 15.3 Å². The number of nitrogens with one attached hydrogen (secondary N) is 2. The van der Waals surface area contributed by atoms with Gasteiger partial charge in [-0.1, -0.05) is 0 Å². The molecule has 0 unspecified atom stereocenters. The summed E-state index contributed by atoms with van der Waals surface area (Å²) in [5.74, 6) is -0.0144. The Labute approximate surface area is 86.7 Å². The van der Waals surface area contributed by atoms with Gasteiger partial charge in [0.2, 0.25) is 0 Å². The minimum absolute atomic E-state index is 0.0603. The number of H-pyrrole nitrogens is 1. The normalized spacial score (nSPS) is 10.2. The zero-order chi connectivity index (χ0) is 10.7. The minimum Gasteiger partial charge on any atom is -0.384 e. The van der Waals surface area contributed by atoms with Gasteiger partial charge in [-0.15, -0.1) is 0 Å². The highest BCUT2D eigenvalue weighted by atomic mass is 32.1. The smallest absolute Gasteiger partial charge is 0.256 e. The number of carbonyl (C=O) groups excluding carboxylic acids is 1. The summed E-state index contributed by atoms with van der Waals surface area (Å²) < 4.78 is 0.267. The van der Waals surface area contributed by atoms with Crippen LogP contribution < -0.4 is 11.1 Å². The third kappa shape index (κ3) is 2.53. The largest absolute Gasteiger partial charge is 0.384 e. The third-order valence-electron chi connectivity index (χ3n) is 1.51. The van der Waals surface area contributed by atoms with Gasteiger partial charge in [-0.2, -0.15) is 0 Å². The van der Waals surface area contributed by atoms with Crippen molar-refractivity contribution < 1.29 is 4.79 Å². The topological polar surface area (TPSA) is 83.8 Å². The van der Waals surface area contributed by atoms with E-state index in [0.717, 1.165) is 0 Å². The zero-order valence-electron chi connectivity index (χ0n) is 8.00. The molecule has 1 amide bonds. The Morgan fingerprint density at radius 2 is 2.36 bits per heavy atom. The van der Waals surface area contributed by atoms with Crippen LogP contribution in [-0.4, -0.2) is 21.9 Å². The number of anilines is 1. The van der Waals surface area contributed by atoms with Gasteiger partial charge in [-0.05, 0) is 26.1 Å². The van der Waals surface area contributed by atoms with Crippen LogP contribution in [0.5, 0.6) is 0 Å². The fraction of sp³-hybridized carbons (Fsp3) is 0.375. The highest BCUT2D eigenvalue weighted by molar-refractivity contribution is 7.71. The molecule has 0 spiro atoms. The van der Waals surface area contributed by atoms with E-state index in [1.54, 1.807) is 0 Å². The molecule has 0 bridgehead atoms. The average molecular weight is 212 g/mol. The number of rotatable bonds is 2. The maximum atomic E-state index is 11.5. The summed E-state index contributed by atoms with van der Waals surface area (Å²) >= 11 is 4.76. The van der Waals surface area contributed by atoms with E-state index in [0.29, 0.717) is 5.56 Å². The first-order valence-corrected chi connectivity index (χ1v) is 4.57. The van der Waals surface area contributed by atoms with Crippen molar-refractivity contribution >= 4 is 23.9 Å². The summed E-state index contributed by atoms with van der Waals surface area (Å²) in [6.07, 6.45) is 1.37. The van der Waals surface area contributed by atoms with Crippen LogP contribution in [0, 0.1) is 4.77 Å². The van der Waals surface area contributed by atoms with Crippen molar-refractivity contribution in [2.45, 2.75) is 19.9 Å². The fourth-order valence-electron chi connectivity index (χ4n) is 0.928. The Bertz CT molecular complexity index is 399. The molecule has 76 valence electrons. The van der Waals surface area contributed by atoms with E-state index in [1.807, 2.05) is 13.8 Å². The van der Waals surface area contributed by atoms with Crippen molar-refractivity contribution in [3.05, 3.63) is 16.5 Å². The highest BCUT2D eigenvalue weighted by Gasteiger charge is 2.10. The first kappa shape index (κ1) is 10.6. The predicted octanol–water partition coefficient (Wildman–Crippen LogP) is 0.860. The molecular formula is C8H12N4OS.